The second-order valence-corrected chi connectivity index (χ2v) is 9.70. The summed E-state index contributed by atoms with van der Waals surface area (Å²) >= 11 is 0. The standard InChI is InChI=1S/C26H25F2N7O3/c1-5-38-24(37)25(2,3)26(4)17-19(29)31-21(32-20(17)33-23(26)36)18-15-10-14(27)11-30-22(15)35(34-18)12-13-8-6-7-9-16(13)28/h6-11H,5,12H2,1-4H3,(H3,29,31,32,33,36). The Morgan fingerprint density at radius 1 is 1.24 bits per heavy atom. The molecule has 10 nitrogen and oxygen atoms in total. The summed E-state index contributed by atoms with van der Waals surface area (Å²) in [6.45, 7) is 6.62. The van der Waals surface area contributed by atoms with E-state index in [-0.39, 0.29) is 52.9 Å². The van der Waals surface area contributed by atoms with Crippen LogP contribution in [0, 0.1) is 17.0 Å². The predicted molar refractivity (Wildman–Crippen MR) is 135 cm³/mol. The lowest BCUT2D eigenvalue weighted by Crippen LogP contribution is -2.50. The summed E-state index contributed by atoms with van der Waals surface area (Å²) in [5.74, 6) is -2.05. The molecule has 1 amide bonds. The number of nitrogen functional groups attached to an aromatic ring is 1. The van der Waals surface area contributed by atoms with Crippen molar-refractivity contribution < 1.29 is 23.1 Å². The Kier molecular flexibility index (Phi) is 5.85. The molecule has 1 aliphatic heterocycles. The SMILES string of the molecule is CCOC(=O)C(C)(C)C1(C)C(=O)Nc2nc(-c3nn(Cc4ccccc4F)c4ncc(F)cc34)nc(N)c21. The van der Waals surface area contributed by atoms with Crippen molar-refractivity contribution in [3.8, 4) is 11.5 Å². The fraction of sp³-hybridized carbons (Fsp3) is 0.308. The van der Waals surface area contributed by atoms with Crippen LogP contribution in [0.25, 0.3) is 22.6 Å². The van der Waals surface area contributed by atoms with Gasteiger partial charge in [0.2, 0.25) is 5.91 Å². The van der Waals surface area contributed by atoms with E-state index in [1.807, 2.05) is 0 Å². The first kappa shape index (κ1) is 25.2. The van der Waals surface area contributed by atoms with Crippen molar-refractivity contribution in [2.75, 3.05) is 17.7 Å². The summed E-state index contributed by atoms with van der Waals surface area (Å²) < 4.78 is 35.2. The third-order valence-electron chi connectivity index (χ3n) is 7.20. The minimum Gasteiger partial charge on any atom is -0.466 e. The number of nitrogens with one attached hydrogen (secondary N) is 1. The molecule has 0 saturated carbocycles. The largest absolute Gasteiger partial charge is 0.466 e. The Morgan fingerprint density at radius 2 is 1.97 bits per heavy atom. The van der Waals surface area contributed by atoms with Gasteiger partial charge in [-0.3, -0.25) is 9.59 Å². The van der Waals surface area contributed by atoms with E-state index in [1.54, 1.807) is 45.9 Å². The van der Waals surface area contributed by atoms with Crippen LogP contribution in [-0.2, 0) is 26.3 Å². The minimum atomic E-state index is -1.43. The van der Waals surface area contributed by atoms with Crippen molar-refractivity contribution in [3.63, 3.8) is 0 Å². The maximum absolute atomic E-state index is 14.3. The zero-order chi connectivity index (χ0) is 27.4. The highest BCUT2D eigenvalue weighted by Crippen LogP contribution is 2.51. The molecule has 1 unspecified atom stereocenters. The van der Waals surface area contributed by atoms with Gasteiger partial charge in [-0.25, -0.2) is 28.4 Å². The van der Waals surface area contributed by atoms with E-state index in [0.717, 1.165) is 6.20 Å². The van der Waals surface area contributed by atoms with Gasteiger partial charge in [0, 0.05) is 5.56 Å². The van der Waals surface area contributed by atoms with Crippen molar-refractivity contribution in [1.29, 1.82) is 0 Å². The van der Waals surface area contributed by atoms with Gasteiger partial charge in [-0.2, -0.15) is 5.10 Å². The smallest absolute Gasteiger partial charge is 0.312 e. The number of hydrogen-bond acceptors (Lipinski definition) is 8. The third-order valence-corrected chi connectivity index (χ3v) is 7.20. The fourth-order valence-corrected chi connectivity index (χ4v) is 4.72. The number of amides is 1. The summed E-state index contributed by atoms with van der Waals surface area (Å²) in [5.41, 5.74) is 4.67. The number of ether oxygens (including phenoxy) is 1. The fourth-order valence-electron chi connectivity index (χ4n) is 4.72. The van der Waals surface area contributed by atoms with E-state index in [1.165, 1.54) is 16.8 Å². The van der Waals surface area contributed by atoms with E-state index in [2.05, 4.69) is 25.4 Å². The topological polar surface area (TPSA) is 138 Å². The van der Waals surface area contributed by atoms with Gasteiger partial charge in [-0.05, 0) is 39.8 Å². The molecule has 0 aliphatic carbocycles. The molecular weight excluding hydrogens is 496 g/mol. The number of anilines is 2. The van der Waals surface area contributed by atoms with Gasteiger partial charge >= 0.3 is 5.97 Å². The Morgan fingerprint density at radius 3 is 2.68 bits per heavy atom. The number of pyridine rings is 1. The van der Waals surface area contributed by atoms with E-state index in [9.17, 15) is 18.4 Å². The van der Waals surface area contributed by atoms with Crippen LogP contribution in [0.15, 0.2) is 36.5 Å². The van der Waals surface area contributed by atoms with Crippen molar-refractivity contribution in [3.05, 3.63) is 59.3 Å². The van der Waals surface area contributed by atoms with Gasteiger partial charge in [0.1, 0.15) is 29.0 Å². The average Bonchev–Trinajstić information content (AvgIpc) is 3.35. The van der Waals surface area contributed by atoms with Gasteiger partial charge in [-0.1, -0.05) is 18.2 Å². The lowest BCUT2D eigenvalue weighted by molar-refractivity contribution is -0.159. The molecule has 0 radical (unpaired) electrons. The molecule has 38 heavy (non-hydrogen) atoms. The maximum Gasteiger partial charge on any atom is 0.312 e. The number of rotatable bonds is 6. The zero-order valence-electron chi connectivity index (χ0n) is 21.2. The second kappa shape index (κ2) is 8.82. The van der Waals surface area contributed by atoms with Crippen molar-refractivity contribution in [2.45, 2.75) is 39.7 Å². The molecule has 0 saturated heterocycles. The van der Waals surface area contributed by atoms with Crippen molar-refractivity contribution in [2.24, 2.45) is 5.41 Å². The highest BCUT2D eigenvalue weighted by atomic mass is 19.1. The molecule has 12 heteroatoms. The Hall–Kier alpha value is -4.48. The molecule has 3 N–H and O–H groups in total. The van der Waals surface area contributed by atoms with Crippen LogP contribution in [-0.4, -0.2) is 43.2 Å². The molecule has 1 aromatic carbocycles. The number of aromatic nitrogens is 5. The molecule has 1 aliphatic rings. The van der Waals surface area contributed by atoms with Gasteiger partial charge in [-0.15, -0.1) is 0 Å². The Bertz CT molecular complexity index is 1620. The number of esters is 1. The first-order valence-electron chi connectivity index (χ1n) is 11.9. The molecule has 4 heterocycles. The highest BCUT2D eigenvalue weighted by molar-refractivity contribution is 6.10. The molecule has 0 spiro atoms. The number of halogens is 2. The summed E-state index contributed by atoms with van der Waals surface area (Å²) in [6.07, 6.45) is 1.03. The Balaban J connectivity index is 1.65. The summed E-state index contributed by atoms with van der Waals surface area (Å²) in [4.78, 5) is 39.1. The number of carbonyl (C=O) groups excluding carboxylic acids is 2. The summed E-state index contributed by atoms with van der Waals surface area (Å²) in [5, 5.41) is 7.50. The number of carbonyl (C=O) groups is 2. The number of nitrogens with two attached hydrogens (primary N) is 1. The monoisotopic (exact) mass is 521 g/mol. The molecule has 0 fully saturated rings. The molecule has 196 valence electrons. The van der Waals surface area contributed by atoms with E-state index < -0.39 is 34.3 Å². The lowest BCUT2D eigenvalue weighted by atomic mass is 9.63. The zero-order valence-corrected chi connectivity index (χ0v) is 21.2. The third kappa shape index (κ3) is 3.66. The number of fused-ring (bicyclic) bond motifs is 2. The van der Waals surface area contributed by atoms with Gasteiger partial charge in [0.05, 0.1) is 41.1 Å². The van der Waals surface area contributed by atoms with Gasteiger partial charge in [0.25, 0.3) is 0 Å². The molecule has 0 bridgehead atoms. The van der Waals surface area contributed by atoms with Crippen molar-refractivity contribution in [1.82, 2.24) is 24.7 Å². The van der Waals surface area contributed by atoms with Crippen molar-refractivity contribution >= 4 is 34.5 Å². The molecular formula is C26H25F2N7O3. The van der Waals surface area contributed by atoms with E-state index in [0.29, 0.717) is 5.56 Å². The second-order valence-electron chi connectivity index (χ2n) is 9.70. The van der Waals surface area contributed by atoms with Crippen LogP contribution in [0.5, 0.6) is 0 Å². The van der Waals surface area contributed by atoms with Crippen LogP contribution in [0.4, 0.5) is 20.4 Å². The van der Waals surface area contributed by atoms with Crippen LogP contribution in [0.2, 0.25) is 0 Å². The van der Waals surface area contributed by atoms with Crippen LogP contribution in [0.3, 0.4) is 0 Å². The number of hydrogen-bond donors (Lipinski definition) is 2. The summed E-state index contributed by atoms with van der Waals surface area (Å²) in [7, 11) is 0. The Labute approximate surface area is 216 Å². The number of nitrogens with zero attached hydrogens (tertiary/aromatic N) is 5. The summed E-state index contributed by atoms with van der Waals surface area (Å²) in [6, 6.07) is 7.43. The quantitative estimate of drug-likeness (QED) is 0.367. The first-order valence-corrected chi connectivity index (χ1v) is 11.9. The normalized spacial score (nSPS) is 16.9. The molecule has 4 aromatic rings. The predicted octanol–water partition coefficient (Wildman–Crippen LogP) is 3.60. The van der Waals surface area contributed by atoms with E-state index in [4.69, 9.17) is 10.5 Å². The first-order chi connectivity index (χ1) is 18.0. The van der Waals surface area contributed by atoms with Gasteiger partial charge in [0.15, 0.2) is 11.5 Å². The van der Waals surface area contributed by atoms with Crippen LogP contribution in [0.1, 0.15) is 38.8 Å². The molecule has 1 atom stereocenters. The molecule has 5 rings (SSSR count). The maximum atomic E-state index is 14.3. The van der Waals surface area contributed by atoms with Crippen LogP contribution < -0.4 is 11.1 Å². The number of benzene rings is 1. The molecule has 3 aromatic heterocycles. The van der Waals surface area contributed by atoms with Crippen LogP contribution >= 0.6 is 0 Å². The average molecular weight is 522 g/mol. The van der Waals surface area contributed by atoms with Gasteiger partial charge < -0.3 is 15.8 Å². The highest BCUT2D eigenvalue weighted by Gasteiger charge is 2.59. The lowest BCUT2D eigenvalue weighted by Gasteiger charge is -2.37. The van der Waals surface area contributed by atoms with E-state index >= 15 is 0 Å². The minimum absolute atomic E-state index is 0.00410.